The van der Waals surface area contributed by atoms with E-state index in [4.69, 9.17) is 20.5 Å². The number of nitrogens with one attached hydrogen (secondary N) is 1. The summed E-state index contributed by atoms with van der Waals surface area (Å²) in [6, 6.07) is 16.0. The van der Waals surface area contributed by atoms with Gasteiger partial charge in [-0.3, -0.25) is 4.79 Å². The van der Waals surface area contributed by atoms with Gasteiger partial charge in [-0.1, -0.05) is 29.3 Å². The predicted octanol–water partition coefficient (Wildman–Crippen LogP) is 6.43. The lowest BCUT2D eigenvalue weighted by Crippen LogP contribution is -2.14. The fourth-order valence-corrected chi connectivity index (χ4v) is 4.96. The van der Waals surface area contributed by atoms with E-state index < -0.39 is 16.0 Å². The standard InChI is InChI=1S/C26H22BrClN2O5S/c1-4-34-24-14-18(12-19(15-29)26(31)30-23-10-5-16(2)11-17(23)3)13-22(27)25(24)35-36(32,33)21-8-6-20(28)7-9-21/h5-14H,4H2,1-3H3,(H,30,31)/b19-12+. The molecule has 7 nitrogen and oxygen atoms in total. The molecule has 0 aliphatic rings. The van der Waals surface area contributed by atoms with Gasteiger partial charge in [-0.2, -0.15) is 13.7 Å². The van der Waals surface area contributed by atoms with Gasteiger partial charge in [-0.05, 0) is 96.4 Å². The van der Waals surface area contributed by atoms with Gasteiger partial charge in [0.2, 0.25) is 0 Å². The highest BCUT2D eigenvalue weighted by molar-refractivity contribution is 9.10. The number of rotatable bonds is 8. The van der Waals surface area contributed by atoms with Crippen molar-refractivity contribution in [2.45, 2.75) is 25.7 Å². The summed E-state index contributed by atoms with van der Waals surface area (Å²) in [4.78, 5) is 12.7. The van der Waals surface area contributed by atoms with Crippen molar-refractivity contribution in [2.24, 2.45) is 0 Å². The number of carbonyl (C=O) groups is 1. The molecule has 1 amide bonds. The van der Waals surface area contributed by atoms with E-state index in [9.17, 15) is 18.5 Å². The lowest BCUT2D eigenvalue weighted by molar-refractivity contribution is -0.112. The fourth-order valence-electron chi connectivity index (χ4n) is 3.23. The van der Waals surface area contributed by atoms with Crippen LogP contribution in [0.1, 0.15) is 23.6 Å². The Labute approximate surface area is 223 Å². The number of halogens is 2. The largest absolute Gasteiger partial charge is 0.490 e. The predicted molar refractivity (Wildman–Crippen MR) is 143 cm³/mol. The normalized spacial score (nSPS) is 11.5. The molecule has 10 heteroatoms. The van der Waals surface area contributed by atoms with Gasteiger partial charge < -0.3 is 14.2 Å². The Balaban J connectivity index is 1.94. The van der Waals surface area contributed by atoms with Gasteiger partial charge in [-0.25, -0.2) is 0 Å². The molecule has 0 aliphatic heterocycles. The van der Waals surface area contributed by atoms with Crippen LogP contribution in [0.25, 0.3) is 6.08 Å². The van der Waals surface area contributed by atoms with Gasteiger partial charge in [0.05, 0.1) is 11.1 Å². The summed E-state index contributed by atoms with van der Waals surface area (Å²) in [6.45, 7) is 5.75. The molecule has 1 N–H and O–H groups in total. The van der Waals surface area contributed by atoms with Crippen LogP contribution in [0, 0.1) is 25.2 Å². The molecule has 0 heterocycles. The first kappa shape index (κ1) is 27.3. The Kier molecular flexibility index (Phi) is 8.79. The first-order valence-corrected chi connectivity index (χ1v) is 13.3. The minimum Gasteiger partial charge on any atom is -0.490 e. The molecule has 186 valence electrons. The molecule has 0 bridgehead atoms. The summed E-state index contributed by atoms with van der Waals surface area (Å²) in [6.07, 6.45) is 1.38. The van der Waals surface area contributed by atoms with Crippen LogP contribution < -0.4 is 14.2 Å². The second kappa shape index (κ2) is 11.6. The minimum absolute atomic E-state index is 0.0674. The first-order chi connectivity index (χ1) is 17.0. The number of amides is 1. The third kappa shape index (κ3) is 6.66. The third-order valence-corrected chi connectivity index (χ3v) is 7.01. The summed E-state index contributed by atoms with van der Waals surface area (Å²) in [5.74, 6) is -0.533. The molecule has 0 unspecified atom stereocenters. The molecular formula is C26H22BrClN2O5S. The van der Waals surface area contributed by atoms with E-state index in [0.29, 0.717) is 16.3 Å². The number of aryl methyl sites for hydroxylation is 2. The van der Waals surface area contributed by atoms with E-state index in [1.807, 2.05) is 32.0 Å². The van der Waals surface area contributed by atoms with Crippen LogP contribution >= 0.6 is 27.5 Å². The minimum atomic E-state index is -4.19. The van der Waals surface area contributed by atoms with Crippen molar-refractivity contribution in [3.63, 3.8) is 0 Å². The molecule has 0 spiro atoms. The van der Waals surface area contributed by atoms with Crippen molar-refractivity contribution in [1.82, 2.24) is 0 Å². The average molecular weight is 590 g/mol. The molecule has 0 aromatic heterocycles. The van der Waals surface area contributed by atoms with E-state index in [2.05, 4.69) is 21.2 Å². The Morgan fingerprint density at radius 1 is 1.14 bits per heavy atom. The molecule has 0 aliphatic carbocycles. The molecule has 3 aromatic carbocycles. The number of benzene rings is 3. The Morgan fingerprint density at radius 2 is 1.83 bits per heavy atom. The number of nitrogens with zero attached hydrogens (tertiary/aromatic N) is 1. The van der Waals surface area contributed by atoms with Gasteiger partial charge in [0, 0.05) is 10.7 Å². The summed E-state index contributed by atoms with van der Waals surface area (Å²) >= 11 is 9.17. The van der Waals surface area contributed by atoms with Crippen LogP contribution in [0.4, 0.5) is 5.69 Å². The molecule has 3 aromatic rings. The topological polar surface area (TPSA) is 105 Å². The van der Waals surface area contributed by atoms with E-state index in [1.165, 1.54) is 42.5 Å². The van der Waals surface area contributed by atoms with Gasteiger partial charge in [0.15, 0.2) is 11.5 Å². The van der Waals surface area contributed by atoms with Crippen LogP contribution in [0.3, 0.4) is 0 Å². The van der Waals surface area contributed by atoms with Gasteiger partial charge in [0.25, 0.3) is 5.91 Å². The van der Waals surface area contributed by atoms with Crippen LogP contribution in [-0.4, -0.2) is 20.9 Å². The highest BCUT2D eigenvalue weighted by Crippen LogP contribution is 2.39. The SMILES string of the molecule is CCOc1cc(/C=C(\C#N)C(=O)Nc2ccc(C)cc2C)cc(Br)c1OS(=O)(=O)c1ccc(Cl)cc1. The third-order valence-electron chi connectivity index (χ3n) is 4.93. The molecule has 0 radical (unpaired) electrons. The first-order valence-electron chi connectivity index (χ1n) is 10.7. The Bertz CT molecular complexity index is 1480. The van der Waals surface area contributed by atoms with Gasteiger partial charge in [-0.15, -0.1) is 0 Å². The zero-order chi connectivity index (χ0) is 26.5. The maximum Gasteiger partial charge on any atom is 0.339 e. The van der Waals surface area contributed by atoms with E-state index in [1.54, 1.807) is 13.0 Å². The van der Waals surface area contributed by atoms with E-state index in [0.717, 1.165) is 11.1 Å². The summed E-state index contributed by atoms with van der Waals surface area (Å²) < 4.78 is 36.8. The van der Waals surface area contributed by atoms with Crippen LogP contribution in [0.5, 0.6) is 11.5 Å². The maximum absolute atomic E-state index is 12.8. The van der Waals surface area contributed by atoms with Crippen molar-refractivity contribution in [1.29, 1.82) is 5.26 Å². The van der Waals surface area contributed by atoms with Gasteiger partial charge in [0.1, 0.15) is 16.5 Å². The Morgan fingerprint density at radius 3 is 2.44 bits per heavy atom. The average Bonchev–Trinajstić information content (AvgIpc) is 2.82. The number of hydrogen-bond donors (Lipinski definition) is 1. The second-order valence-corrected chi connectivity index (χ2v) is 10.5. The quantitative estimate of drug-likeness (QED) is 0.184. The number of nitriles is 1. The fraction of sp³-hybridized carbons (Fsp3) is 0.154. The Hall–Kier alpha value is -3.32. The molecule has 0 atom stereocenters. The zero-order valence-electron chi connectivity index (χ0n) is 19.6. The highest BCUT2D eigenvalue weighted by Gasteiger charge is 2.22. The zero-order valence-corrected chi connectivity index (χ0v) is 22.8. The second-order valence-electron chi connectivity index (χ2n) is 7.70. The van der Waals surface area contributed by atoms with Crippen molar-refractivity contribution >= 4 is 55.3 Å². The molecular weight excluding hydrogens is 568 g/mol. The summed E-state index contributed by atoms with van der Waals surface area (Å²) in [5.41, 5.74) is 2.79. The van der Waals surface area contributed by atoms with Crippen molar-refractivity contribution in [3.8, 4) is 17.6 Å². The number of carbonyl (C=O) groups excluding carboxylic acids is 1. The highest BCUT2D eigenvalue weighted by atomic mass is 79.9. The molecule has 36 heavy (non-hydrogen) atoms. The summed E-state index contributed by atoms with van der Waals surface area (Å²) in [5, 5.41) is 12.7. The lowest BCUT2D eigenvalue weighted by Gasteiger charge is -2.15. The van der Waals surface area contributed by atoms with Crippen LogP contribution in [0.2, 0.25) is 5.02 Å². The van der Waals surface area contributed by atoms with E-state index in [-0.39, 0.29) is 33.0 Å². The number of anilines is 1. The lowest BCUT2D eigenvalue weighted by atomic mass is 10.1. The van der Waals surface area contributed by atoms with Crippen LogP contribution in [-0.2, 0) is 14.9 Å². The smallest absolute Gasteiger partial charge is 0.339 e. The molecule has 0 saturated carbocycles. The summed E-state index contributed by atoms with van der Waals surface area (Å²) in [7, 11) is -4.19. The van der Waals surface area contributed by atoms with Crippen molar-refractivity contribution < 1.29 is 22.1 Å². The molecule has 3 rings (SSSR count). The van der Waals surface area contributed by atoms with Gasteiger partial charge >= 0.3 is 10.1 Å². The number of hydrogen-bond acceptors (Lipinski definition) is 6. The van der Waals surface area contributed by atoms with E-state index >= 15 is 0 Å². The van der Waals surface area contributed by atoms with Crippen molar-refractivity contribution in [3.05, 3.63) is 86.4 Å². The maximum atomic E-state index is 12.8. The monoisotopic (exact) mass is 588 g/mol. The molecule has 0 saturated heterocycles. The van der Waals surface area contributed by atoms with Crippen molar-refractivity contribution in [2.75, 3.05) is 11.9 Å². The molecule has 0 fully saturated rings. The number of ether oxygens (including phenoxy) is 1. The van der Waals surface area contributed by atoms with Crippen LogP contribution in [0.15, 0.2) is 69.5 Å².